The second-order valence-electron chi connectivity index (χ2n) is 5.76. The first-order chi connectivity index (χ1) is 9.34. The van der Waals surface area contributed by atoms with Crippen LogP contribution >= 0.6 is 0 Å². The zero-order valence-electron chi connectivity index (χ0n) is 12.1. The molecule has 19 heavy (non-hydrogen) atoms. The Balaban J connectivity index is 1.55. The molecule has 1 aromatic heterocycles. The first-order valence-electron chi connectivity index (χ1n) is 7.64. The van der Waals surface area contributed by atoms with E-state index in [4.69, 9.17) is 0 Å². The largest absolute Gasteiger partial charge is 0.310 e. The minimum absolute atomic E-state index is 0.873. The maximum Gasteiger partial charge on any atom is 0.0541 e. The van der Waals surface area contributed by atoms with Crippen molar-refractivity contribution < 1.29 is 0 Å². The van der Waals surface area contributed by atoms with Gasteiger partial charge in [0.1, 0.15) is 0 Å². The van der Waals surface area contributed by atoms with Crippen LogP contribution in [0.1, 0.15) is 37.8 Å². The van der Waals surface area contributed by atoms with E-state index in [9.17, 15) is 0 Å². The molecule has 106 valence electrons. The highest BCUT2D eigenvalue weighted by molar-refractivity contribution is 5.02. The van der Waals surface area contributed by atoms with E-state index in [1.807, 2.05) is 18.3 Å². The minimum Gasteiger partial charge on any atom is -0.310 e. The van der Waals surface area contributed by atoms with Gasteiger partial charge in [0.2, 0.25) is 0 Å². The maximum atomic E-state index is 4.31. The molecule has 0 aliphatic heterocycles. The van der Waals surface area contributed by atoms with E-state index in [0.29, 0.717) is 0 Å². The highest BCUT2D eigenvalue weighted by Gasteiger charge is 2.14. The number of rotatable bonds is 7. The van der Waals surface area contributed by atoms with Crippen molar-refractivity contribution >= 4 is 0 Å². The summed E-state index contributed by atoms with van der Waals surface area (Å²) in [6.07, 6.45) is 9.06. The molecule has 1 N–H and O–H groups in total. The van der Waals surface area contributed by atoms with Crippen LogP contribution in [0.3, 0.4) is 0 Å². The number of hydrogen-bond donors (Lipinski definition) is 1. The molecule has 1 saturated carbocycles. The third kappa shape index (κ3) is 5.70. The lowest BCUT2D eigenvalue weighted by Gasteiger charge is -2.27. The number of nitrogens with one attached hydrogen (secondary N) is 1. The molecule has 0 radical (unpaired) electrons. The van der Waals surface area contributed by atoms with Crippen molar-refractivity contribution in [3.8, 4) is 0 Å². The van der Waals surface area contributed by atoms with Crippen molar-refractivity contribution in [1.29, 1.82) is 0 Å². The molecule has 2 rings (SSSR count). The molecule has 0 unspecified atom stereocenters. The Morgan fingerprint density at radius 3 is 2.84 bits per heavy atom. The fourth-order valence-corrected chi connectivity index (χ4v) is 2.89. The number of nitrogens with zero attached hydrogens (tertiary/aromatic N) is 2. The maximum absolute atomic E-state index is 4.31. The Kier molecular flexibility index (Phi) is 6.31. The van der Waals surface area contributed by atoms with E-state index in [1.54, 1.807) is 0 Å². The van der Waals surface area contributed by atoms with E-state index in [-0.39, 0.29) is 0 Å². The molecule has 0 amide bonds. The van der Waals surface area contributed by atoms with Gasteiger partial charge in [-0.25, -0.2) is 0 Å². The van der Waals surface area contributed by atoms with Crippen LogP contribution in [-0.2, 0) is 6.54 Å². The summed E-state index contributed by atoms with van der Waals surface area (Å²) in [5.41, 5.74) is 1.12. The molecular weight excluding hydrogens is 234 g/mol. The van der Waals surface area contributed by atoms with E-state index in [2.05, 4.69) is 28.3 Å². The Morgan fingerprint density at radius 1 is 1.26 bits per heavy atom. The third-order valence-electron chi connectivity index (χ3n) is 4.00. The second kappa shape index (κ2) is 8.28. The van der Waals surface area contributed by atoms with E-state index < -0.39 is 0 Å². The quantitative estimate of drug-likeness (QED) is 0.765. The lowest BCUT2D eigenvalue weighted by atomic mass is 9.89. The summed E-state index contributed by atoms with van der Waals surface area (Å²) >= 11 is 0. The summed E-state index contributed by atoms with van der Waals surface area (Å²) in [5, 5.41) is 3.47. The van der Waals surface area contributed by atoms with Crippen LogP contribution in [-0.4, -0.2) is 36.6 Å². The lowest BCUT2D eigenvalue weighted by Crippen LogP contribution is -2.33. The summed E-state index contributed by atoms with van der Waals surface area (Å²) in [6, 6.07) is 6.07. The van der Waals surface area contributed by atoms with Crippen molar-refractivity contribution in [2.24, 2.45) is 5.92 Å². The summed E-state index contributed by atoms with van der Waals surface area (Å²) in [6.45, 7) is 4.31. The van der Waals surface area contributed by atoms with Gasteiger partial charge >= 0.3 is 0 Å². The predicted molar refractivity (Wildman–Crippen MR) is 80.0 cm³/mol. The molecule has 1 aliphatic rings. The van der Waals surface area contributed by atoms with Crippen LogP contribution in [0.25, 0.3) is 0 Å². The van der Waals surface area contributed by atoms with Crippen LogP contribution in [0.5, 0.6) is 0 Å². The number of hydrogen-bond acceptors (Lipinski definition) is 3. The molecule has 3 heteroatoms. The molecular formula is C16H27N3. The van der Waals surface area contributed by atoms with Gasteiger partial charge in [-0.2, -0.15) is 0 Å². The van der Waals surface area contributed by atoms with Gasteiger partial charge in [0.25, 0.3) is 0 Å². The van der Waals surface area contributed by atoms with Crippen LogP contribution in [0.2, 0.25) is 0 Å². The molecule has 0 saturated heterocycles. The summed E-state index contributed by atoms with van der Waals surface area (Å²) in [7, 11) is 2.25. The van der Waals surface area contributed by atoms with Crippen LogP contribution < -0.4 is 5.32 Å². The highest BCUT2D eigenvalue weighted by Crippen LogP contribution is 2.23. The van der Waals surface area contributed by atoms with E-state index in [0.717, 1.165) is 31.2 Å². The summed E-state index contributed by atoms with van der Waals surface area (Å²) < 4.78 is 0. The zero-order valence-corrected chi connectivity index (χ0v) is 12.1. The molecule has 0 bridgehead atoms. The molecule has 0 aromatic carbocycles. The third-order valence-corrected chi connectivity index (χ3v) is 4.00. The number of likely N-dealkylation sites (N-methyl/N-ethyl adjacent to an activating group) is 1. The monoisotopic (exact) mass is 261 g/mol. The number of pyridine rings is 1. The highest BCUT2D eigenvalue weighted by atomic mass is 15.1. The van der Waals surface area contributed by atoms with Crippen molar-refractivity contribution in [3.63, 3.8) is 0 Å². The Labute approximate surface area is 117 Å². The van der Waals surface area contributed by atoms with Gasteiger partial charge in [0, 0.05) is 32.4 Å². The van der Waals surface area contributed by atoms with Gasteiger partial charge in [-0.1, -0.05) is 25.3 Å². The first-order valence-corrected chi connectivity index (χ1v) is 7.64. The van der Waals surface area contributed by atoms with Gasteiger partial charge in [-0.05, 0) is 37.9 Å². The van der Waals surface area contributed by atoms with Gasteiger partial charge < -0.3 is 10.2 Å². The van der Waals surface area contributed by atoms with Crippen molar-refractivity contribution in [2.75, 3.05) is 26.7 Å². The minimum atomic E-state index is 0.873. The Hall–Kier alpha value is -0.930. The van der Waals surface area contributed by atoms with Crippen LogP contribution in [0, 0.1) is 5.92 Å². The van der Waals surface area contributed by atoms with E-state index in [1.165, 1.54) is 38.6 Å². The van der Waals surface area contributed by atoms with Gasteiger partial charge in [0.15, 0.2) is 0 Å². The molecule has 1 aromatic rings. The predicted octanol–water partition coefficient (Wildman–Crippen LogP) is 2.68. The molecule has 0 atom stereocenters. The van der Waals surface area contributed by atoms with Crippen LogP contribution in [0.4, 0.5) is 0 Å². The van der Waals surface area contributed by atoms with Crippen molar-refractivity contribution in [2.45, 2.75) is 38.6 Å². The van der Waals surface area contributed by atoms with Crippen molar-refractivity contribution in [3.05, 3.63) is 30.1 Å². The van der Waals surface area contributed by atoms with Crippen molar-refractivity contribution in [1.82, 2.24) is 15.2 Å². The van der Waals surface area contributed by atoms with E-state index >= 15 is 0 Å². The second-order valence-corrected chi connectivity index (χ2v) is 5.76. The molecule has 1 fully saturated rings. The van der Waals surface area contributed by atoms with Gasteiger partial charge in [-0.3, -0.25) is 4.98 Å². The Morgan fingerprint density at radius 2 is 2.11 bits per heavy atom. The lowest BCUT2D eigenvalue weighted by molar-refractivity contribution is 0.233. The molecule has 3 nitrogen and oxygen atoms in total. The number of aromatic nitrogens is 1. The molecule has 0 spiro atoms. The topological polar surface area (TPSA) is 28.2 Å². The van der Waals surface area contributed by atoms with Crippen LogP contribution in [0.15, 0.2) is 24.4 Å². The standard InChI is InChI=1S/C16H27N3/c1-19(14-15-7-3-2-4-8-15)12-11-17-13-16-9-5-6-10-18-16/h5-6,9-10,15,17H,2-4,7-8,11-14H2,1H3. The first kappa shape index (κ1) is 14.5. The summed E-state index contributed by atoms with van der Waals surface area (Å²) in [4.78, 5) is 6.79. The zero-order chi connectivity index (χ0) is 13.3. The average molecular weight is 261 g/mol. The average Bonchev–Trinajstić information content (AvgIpc) is 2.46. The normalized spacial score (nSPS) is 16.9. The Bertz CT molecular complexity index is 333. The fraction of sp³-hybridized carbons (Fsp3) is 0.688. The fourth-order valence-electron chi connectivity index (χ4n) is 2.89. The molecule has 1 heterocycles. The SMILES string of the molecule is CN(CCNCc1ccccn1)CC1CCCCC1. The smallest absolute Gasteiger partial charge is 0.0541 e. The van der Waals surface area contributed by atoms with Gasteiger partial charge in [-0.15, -0.1) is 0 Å². The van der Waals surface area contributed by atoms with Gasteiger partial charge in [0.05, 0.1) is 5.69 Å². The summed E-state index contributed by atoms with van der Waals surface area (Å²) in [5.74, 6) is 0.939. The molecule has 1 aliphatic carbocycles.